The van der Waals surface area contributed by atoms with Crippen molar-refractivity contribution in [3.05, 3.63) is 12.3 Å². The highest BCUT2D eigenvalue weighted by Crippen LogP contribution is 2.32. The van der Waals surface area contributed by atoms with Gasteiger partial charge in [0.1, 0.15) is 11.9 Å². The van der Waals surface area contributed by atoms with E-state index in [4.69, 9.17) is 9.72 Å². The number of anilines is 2. The Morgan fingerprint density at radius 1 is 1.06 bits per heavy atom. The summed E-state index contributed by atoms with van der Waals surface area (Å²) in [6.45, 7) is 5.94. The lowest BCUT2D eigenvalue weighted by Crippen LogP contribution is -2.50. The van der Waals surface area contributed by atoms with E-state index in [0.29, 0.717) is 31.8 Å². The standard InChI is InChI=1S/C27H45N7O2/c35-26(24-20-28-15-19-36-24)29-13-10-23-22(12-18-34(23)21-8-4-3-5-9-21)31-27-30-14-11-25(32-27)33-16-6-1-2-7-17-33/h11,14,21-24,28H,1-10,12-13,15-20H2,(H,29,35)(H,30,31,32)/t22-,23+,24?/m0/s1. The predicted molar refractivity (Wildman–Crippen MR) is 142 cm³/mol. The van der Waals surface area contributed by atoms with Crippen LogP contribution in [0.25, 0.3) is 0 Å². The van der Waals surface area contributed by atoms with Crippen molar-refractivity contribution in [2.45, 2.75) is 94.9 Å². The van der Waals surface area contributed by atoms with E-state index in [1.54, 1.807) is 0 Å². The molecule has 4 heterocycles. The van der Waals surface area contributed by atoms with Gasteiger partial charge in [-0.25, -0.2) is 4.98 Å². The number of amides is 1. The minimum atomic E-state index is -0.374. The number of hydrogen-bond acceptors (Lipinski definition) is 8. The summed E-state index contributed by atoms with van der Waals surface area (Å²) in [6, 6.07) is 3.36. The van der Waals surface area contributed by atoms with E-state index in [1.165, 1.54) is 57.8 Å². The molecule has 0 radical (unpaired) electrons. The average molecular weight is 500 g/mol. The maximum Gasteiger partial charge on any atom is 0.250 e. The van der Waals surface area contributed by atoms with Gasteiger partial charge in [0.25, 0.3) is 0 Å². The first-order valence-corrected chi connectivity index (χ1v) is 14.5. The van der Waals surface area contributed by atoms with Crippen LogP contribution in [-0.4, -0.2) is 90.9 Å². The third-order valence-electron chi connectivity index (χ3n) is 8.48. The molecular formula is C27H45N7O2. The number of likely N-dealkylation sites (tertiary alicyclic amines) is 1. The number of morpholine rings is 1. The highest BCUT2D eigenvalue weighted by Gasteiger charge is 2.38. The second-order valence-corrected chi connectivity index (χ2v) is 10.9. The number of carbonyl (C=O) groups excluding carboxylic acids is 1. The predicted octanol–water partition coefficient (Wildman–Crippen LogP) is 2.54. The molecule has 36 heavy (non-hydrogen) atoms. The van der Waals surface area contributed by atoms with E-state index < -0.39 is 0 Å². The van der Waals surface area contributed by atoms with Gasteiger partial charge in [0.15, 0.2) is 0 Å². The number of nitrogens with one attached hydrogen (secondary N) is 3. The molecule has 3 N–H and O–H groups in total. The van der Waals surface area contributed by atoms with Crippen molar-refractivity contribution in [2.24, 2.45) is 0 Å². The van der Waals surface area contributed by atoms with Crippen LogP contribution in [0.1, 0.15) is 70.6 Å². The first kappa shape index (κ1) is 25.7. The van der Waals surface area contributed by atoms with Crippen LogP contribution in [0, 0.1) is 0 Å². The molecule has 1 aliphatic carbocycles. The topological polar surface area (TPSA) is 94.7 Å². The van der Waals surface area contributed by atoms with Crippen LogP contribution < -0.4 is 20.9 Å². The number of carbonyl (C=O) groups is 1. The van der Waals surface area contributed by atoms with Crippen molar-refractivity contribution in [2.75, 3.05) is 56.1 Å². The maximum absolute atomic E-state index is 12.6. The second kappa shape index (κ2) is 13.0. The molecule has 9 nitrogen and oxygen atoms in total. The van der Waals surface area contributed by atoms with E-state index >= 15 is 0 Å². The molecule has 0 aromatic carbocycles. The number of hydrogen-bond donors (Lipinski definition) is 3. The molecule has 1 saturated carbocycles. The number of rotatable bonds is 8. The smallest absolute Gasteiger partial charge is 0.250 e. The molecule has 5 rings (SSSR count). The molecule has 4 aliphatic rings. The van der Waals surface area contributed by atoms with Crippen molar-refractivity contribution in [3.63, 3.8) is 0 Å². The van der Waals surface area contributed by atoms with Crippen LogP contribution in [0.4, 0.5) is 11.8 Å². The fourth-order valence-electron chi connectivity index (χ4n) is 6.53. The van der Waals surface area contributed by atoms with Crippen molar-refractivity contribution in [1.29, 1.82) is 0 Å². The van der Waals surface area contributed by atoms with E-state index in [0.717, 1.165) is 50.8 Å². The molecule has 1 aromatic heterocycles. The first-order valence-electron chi connectivity index (χ1n) is 14.5. The highest BCUT2D eigenvalue weighted by molar-refractivity contribution is 5.81. The van der Waals surface area contributed by atoms with Crippen molar-refractivity contribution in [3.8, 4) is 0 Å². The third-order valence-corrected chi connectivity index (χ3v) is 8.48. The van der Waals surface area contributed by atoms with Crippen LogP contribution in [0.5, 0.6) is 0 Å². The van der Waals surface area contributed by atoms with E-state index in [9.17, 15) is 4.79 Å². The number of nitrogens with zero attached hydrogens (tertiary/aromatic N) is 4. The lowest BCUT2D eigenvalue weighted by Gasteiger charge is -2.37. The molecule has 3 saturated heterocycles. The summed E-state index contributed by atoms with van der Waals surface area (Å²) in [6.07, 6.45) is 15.2. The van der Waals surface area contributed by atoms with Crippen molar-refractivity contribution < 1.29 is 9.53 Å². The van der Waals surface area contributed by atoms with Crippen LogP contribution in [0.15, 0.2) is 12.3 Å². The molecule has 3 aliphatic heterocycles. The van der Waals surface area contributed by atoms with Gasteiger partial charge in [-0.3, -0.25) is 9.69 Å². The largest absolute Gasteiger partial charge is 0.366 e. The lowest BCUT2D eigenvalue weighted by atomic mass is 9.93. The Morgan fingerprint density at radius 2 is 1.86 bits per heavy atom. The molecule has 1 amide bonds. The van der Waals surface area contributed by atoms with Crippen LogP contribution in [-0.2, 0) is 9.53 Å². The van der Waals surface area contributed by atoms with Gasteiger partial charge in [-0.2, -0.15) is 4.98 Å². The fourth-order valence-corrected chi connectivity index (χ4v) is 6.53. The molecule has 0 spiro atoms. The average Bonchev–Trinajstić information content (AvgIpc) is 3.12. The lowest BCUT2D eigenvalue weighted by molar-refractivity contribution is -0.134. The Bertz CT molecular complexity index is 820. The van der Waals surface area contributed by atoms with Crippen molar-refractivity contribution >= 4 is 17.7 Å². The summed E-state index contributed by atoms with van der Waals surface area (Å²) in [7, 11) is 0. The Kier molecular flexibility index (Phi) is 9.28. The zero-order valence-electron chi connectivity index (χ0n) is 21.8. The number of aromatic nitrogens is 2. The Labute approximate surface area is 216 Å². The van der Waals surface area contributed by atoms with Crippen LogP contribution in [0.2, 0.25) is 0 Å². The van der Waals surface area contributed by atoms with Crippen LogP contribution in [0.3, 0.4) is 0 Å². The van der Waals surface area contributed by atoms with Crippen molar-refractivity contribution in [1.82, 2.24) is 25.5 Å². The minimum Gasteiger partial charge on any atom is -0.366 e. The normalized spacial score (nSPS) is 28.6. The quantitative estimate of drug-likeness (QED) is 0.502. The third kappa shape index (κ3) is 6.66. The molecule has 200 valence electrons. The van der Waals surface area contributed by atoms with E-state index in [2.05, 4.69) is 36.8 Å². The molecule has 0 bridgehead atoms. The van der Waals surface area contributed by atoms with Gasteiger partial charge in [-0.05, 0) is 44.6 Å². The van der Waals surface area contributed by atoms with Crippen LogP contribution >= 0.6 is 0 Å². The molecule has 1 aromatic rings. The van der Waals surface area contributed by atoms with E-state index in [1.807, 2.05) is 6.20 Å². The molecule has 1 unspecified atom stereocenters. The Hall–Kier alpha value is -1.97. The minimum absolute atomic E-state index is 0.00223. The number of ether oxygens (including phenoxy) is 1. The van der Waals surface area contributed by atoms with Gasteiger partial charge in [-0.1, -0.05) is 32.1 Å². The van der Waals surface area contributed by atoms with Gasteiger partial charge in [-0.15, -0.1) is 0 Å². The summed E-state index contributed by atoms with van der Waals surface area (Å²) in [4.78, 5) is 27.3. The van der Waals surface area contributed by atoms with Gasteiger partial charge < -0.3 is 25.6 Å². The zero-order valence-corrected chi connectivity index (χ0v) is 21.8. The maximum atomic E-state index is 12.6. The second-order valence-electron chi connectivity index (χ2n) is 10.9. The summed E-state index contributed by atoms with van der Waals surface area (Å²) in [5.41, 5.74) is 0. The van der Waals surface area contributed by atoms with Gasteiger partial charge in [0.05, 0.1) is 6.61 Å². The molecule has 9 heteroatoms. The monoisotopic (exact) mass is 499 g/mol. The van der Waals surface area contributed by atoms with Gasteiger partial charge in [0, 0.05) is 63.6 Å². The highest BCUT2D eigenvalue weighted by atomic mass is 16.5. The molecule has 3 atom stereocenters. The molecular weight excluding hydrogens is 454 g/mol. The van der Waals surface area contributed by atoms with Gasteiger partial charge >= 0.3 is 0 Å². The van der Waals surface area contributed by atoms with Gasteiger partial charge in [0.2, 0.25) is 11.9 Å². The van der Waals surface area contributed by atoms with E-state index in [-0.39, 0.29) is 18.1 Å². The molecule has 4 fully saturated rings. The summed E-state index contributed by atoms with van der Waals surface area (Å²) in [5, 5.41) is 10.1. The Balaban J connectivity index is 1.22. The zero-order chi connectivity index (χ0) is 24.6. The first-order chi connectivity index (χ1) is 17.8. The SMILES string of the molecule is O=C(NCC[C@@H]1[C@@H](Nc2nccc(N3CCCCCC3)n2)CCN1C1CCCCC1)C1CNCCO1. The fraction of sp³-hybridized carbons (Fsp3) is 0.815. The summed E-state index contributed by atoms with van der Waals surface area (Å²) >= 11 is 0. The Morgan fingerprint density at radius 3 is 2.64 bits per heavy atom. The summed E-state index contributed by atoms with van der Waals surface area (Å²) < 4.78 is 5.63. The summed E-state index contributed by atoms with van der Waals surface area (Å²) in [5.74, 6) is 1.78.